The molecule has 0 nitrogen and oxygen atoms in total. The summed E-state index contributed by atoms with van der Waals surface area (Å²) in [6.45, 7) is 4.64. The molecule has 0 heteroatoms. The van der Waals surface area contributed by atoms with E-state index >= 15 is 0 Å². The van der Waals surface area contributed by atoms with Crippen LogP contribution in [-0.2, 0) is 0 Å². The molecule has 0 aromatic heterocycles. The third kappa shape index (κ3) is 0.593. The Bertz CT molecular complexity index is 147. The molecule has 1 fully saturated rings. The Balaban J connectivity index is 2.36. The van der Waals surface area contributed by atoms with Gasteiger partial charge in [-0.1, -0.05) is 11.1 Å². The molecule has 0 unspecified atom stereocenters. The lowest BCUT2D eigenvalue weighted by atomic mass is 9.94. The molecule has 0 radical (unpaired) electrons. The molecule has 0 saturated heterocycles. The number of allylic oxidation sites excluding steroid dienone is 2. The maximum atomic E-state index is 2.32. The van der Waals surface area contributed by atoms with E-state index in [0.717, 1.165) is 11.8 Å². The first-order chi connectivity index (χ1) is 4.29. The molecular formula is C9H14. The van der Waals surface area contributed by atoms with Gasteiger partial charge in [0.25, 0.3) is 0 Å². The van der Waals surface area contributed by atoms with E-state index in [9.17, 15) is 0 Å². The molecule has 2 atom stereocenters. The number of fused-ring (bicyclic) bond motifs is 2. The SMILES string of the molecule is CC1=C(C)[C@H]2CC[C@H]1C2. The fourth-order valence-electron chi connectivity index (χ4n) is 2.41. The van der Waals surface area contributed by atoms with E-state index in [2.05, 4.69) is 13.8 Å². The van der Waals surface area contributed by atoms with E-state index < -0.39 is 0 Å². The van der Waals surface area contributed by atoms with Crippen molar-refractivity contribution in [2.45, 2.75) is 33.1 Å². The van der Waals surface area contributed by atoms with Gasteiger partial charge in [-0.2, -0.15) is 0 Å². The van der Waals surface area contributed by atoms with Crippen molar-refractivity contribution in [3.05, 3.63) is 11.1 Å². The first kappa shape index (κ1) is 5.52. The molecule has 0 N–H and O–H groups in total. The summed E-state index contributed by atoms with van der Waals surface area (Å²) in [5.41, 5.74) is 3.43. The molecule has 2 aliphatic rings. The summed E-state index contributed by atoms with van der Waals surface area (Å²) in [5.74, 6) is 1.99. The highest BCUT2D eigenvalue weighted by Gasteiger charge is 2.34. The Morgan fingerprint density at radius 3 is 1.67 bits per heavy atom. The quantitative estimate of drug-likeness (QED) is 0.433. The summed E-state index contributed by atoms with van der Waals surface area (Å²) in [4.78, 5) is 0. The Morgan fingerprint density at radius 2 is 1.44 bits per heavy atom. The van der Waals surface area contributed by atoms with Crippen molar-refractivity contribution in [2.75, 3.05) is 0 Å². The van der Waals surface area contributed by atoms with Crippen molar-refractivity contribution in [1.29, 1.82) is 0 Å². The van der Waals surface area contributed by atoms with Gasteiger partial charge >= 0.3 is 0 Å². The van der Waals surface area contributed by atoms with Gasteiger partial charge in [0.1, 0.15) is 0 Å². The minimum absolute atomic E-state index is 0.995. The molecule has 0 amide bonds. The summed E-state index contributed by atoms with van der Waals surface area (Å²) < 4.78 is 0. The first-order valence-corrected chi connectivity index (χ1v) is 3.96. The predicted molar refractivity (Wildman–Crippen MR) is 39.2 cm³/mol. The fraction of sp³-hybridized carbons (Fsp3) is 0.778. The molecule has 0 spiro atoms. The summed E-state index contributed by atoms with van der Waals surface area (Å²) in [6, 6.07) is 0. The fourth-order valence-corrected chi connectivity index (χ4v) is 2.41. The molecule has 0 aromatic rings. The van der Waals surface area contributed by atoms with Crippen LogP contribution in [0.2, 0.25) is 0 Å². The van der Waals surface area contributed by atoms with Gasteiger partial charge in [-0.15, -0.1) is 0 Å². The van der Waals surface area contributed by atoms with Crippen LogP contribution in [0.1, 0.15) is 33.1 Å². The standard InChI is InChI=1S/C9H14/c1-6-7(2)9-4-3-8(6)5-9/h8-9H,3-5H2,1-2H3/t8-,9-/m0/s1. The van der Waals surface area contributed by atoms with Gasteiger partial charge in [-0.25, -0.2) is 0 Å². The maximum absolute atomic E-state index is 2.32. The Labute approximate surface area is 57.0 Å². The summed E-state index contributed by atoms with van der Waals surface area (Å²) in [7, 11) is 0. The van der Waals surface area contributed by atoms with E-state index in [4.69, 9.17) is 0 Å². The number of hydrogen-bond donors (Lipinski definition) is 0. The number of rotatable bonds is 0. The molecule has 2 rings (SSSR count). The van der Waals surface area contributed by atoms with Crippen LogP contribution in [0.4, 0.5) is 0 Å². The second-order valence-electron chi connectivity index (χ2n) is 3.57. The van der Waals surface area contributed by atoms with E-state index in [-0.39, 0.29) is 0 Å². The average Bonchev–Trinajstić information content (AvgIpc) is 2.37. The highest BCUT2D eigenvalue weighted by Crippen LogP contribution is 2.47. The van der Waals surface area contributed by atoms with Gasteiger partial charge < -0.3 is 0 Å². The summed E-state index contributed by atoms with van der Waals surface area (Å²) >= 11 is 0. The average molecular weight is 122 g/mol. The summed E-state index contributed by atoms with van der Waals surface area (Å²) in [5, 5.41) is 0. The topological polar surface area (TPSA) is 0 Å². The van der Waals surface area contributed by atoms with Crippen LogP contribution in [0.15, 0.2) is 11.1 Å². The molecule has 2 bridgehead atoms. The van der Waals surface area contributed by atoms with E-state index in [1.807, 2.05) is 0 Å². The predicted octanol–water partition coefficient (Wildman–Crippen LogP) is 2.75. The lowest BCUT2D eigenvalue weighted by Gasteiger charge is -2.12. The van der Waals surface area contributed by atoms with Crippen molar-refractivity contribution in [1.82, 2.24) is 0 Å². The van der Waals surface area contributed by atoms with Gasteiger partial charge in [-0.3, -0.25) is 0 Å². The normalized spacial score (nSPS) is 40.7. The Kier molecular flexibility index (Phi) is 0.992. The molecule has 50 valence electrons. The zero-order chi connectivity index (χ0) is 6.43. The Morgan fingerprint density at radius 1 is 1.00 bits per heavy atom. The minimum atomic E-state index is 0.995. The smallest absolute Gasteiger partial charge is 0.0197 e. The second kappa shape index (κ2) is 1.62. The van der Waals surface area contributed by atoms with Crippen molar-refractivity contribution >= 4 is 0 Å². The monoisotopic (exact) mass is 122 g/mol. The van der Waals surface area contributed by atoms with Crippen LogP contribution in [-0.4, -0.2) is 0 Å². The molecule has 0 aliphatic heterocycles. The van der Waals surface area contributed by atoms with Crippen LogP contribution in [0.5, 0.6) is 0 Å². The molecular weight excluding hydrogens is 108 g/mol. The first-order valence-electron chi connectivity index (χ1n) is 3.96. The third-order valence-electron chi connectivity index (χ3n) is 3.28. The van der Waals surface area contributed by atoms with Crippen molar-refractivity contribution in [2.24, 2.45) is 11.8 Å². The van der Waals surface area contributed by atoms with Crippen molar-refractivity contribution in [3.63, 3.8) is 0 Å². The van der Waals surface area contributed by atoms with Gasteiger partial charge in [-0.05, 0) is 44.9 Å². The lowest BCUT2D eigenvalue weighted by Crippen LogP contribution is -1.96. The summed E-state index contributed by atoms with van der Waals surface area (Å²) in [6.07, 6.45) is 4.44. The van der Waals surface area contributed by atoms with Crippen molar-refractivity contribution in [3.8, 4) is 0 Å². The Hall–Kier alpha value is -0.260. The van der Waals surface area contributed by atoms with Crippen molar-refractivity contribution < 1.29 is 0 Å². The minimum Gasteiger partial charge on any atom is -0.0710 e. The van der Waals surface area contributed by atoms with E-state index in [1.165, 1.54) is 19.3 Å². The second-order valence-corrected chi connectivity index (χ2v) is 3.57. The van der Waals surface area contributed by atoms with Crippen LogP contribution >= 0.6 is 0 Å². The van der Waals surface area contributed by atoms with Gasteiger partial charge in [0.15, 0.2) is 0 Å². The van der Waals surface area contributed by atoms with Gasteiger partial charge in [0.05, 0.1) is 0 Å². The molecule has 9 heavy (non-hydrogen) atoms. The largest absolute Gasteiger partial charge is 0.0710 e. The lowest BCUT2D eigenvalue weighted by molar-refractivity contribution is 0.648. The molecule has 0 heterocycles. The molecule has 1 saturated carbocycles. The highest BCUT2D eigenvalue weighted by atomic mass is 14.4. The molecule has 2 aliphatic carbocycles. The van der Waals surface area contributed by atoms with E-state index in [0.29, 0.717) is 0 Å². The third-order valence-corrected chi connectivity index (χ3v) is 3.28. The zero-order valence-electron chi connectivity index (χ0n) is 6.28. The van der Waals surface area contributed by atoms with Crippen LogP contribution in [0.3, 0.4) is 0 Å². The number of hydrogen-bond acceptors (Lipinski definition) is 0. The maximum Gasteiger partial charge on any atom is -0.0197 e. The van der Waals surface area contributed by atoms with E-state index in [1.54, 1.807) is 11.1 Å². The van der Waals surface area contributed by atoms with Crippen LogP contribution in [0, 0.1) is 11.8 Å². The highest BCUT2D eigenvalue weighted by molar-refractivity contribution is 5.25. The van der Waals surface area contributed by atoms with Gasteiger partial charge in [0, 0.05) is 0 Å². The van der Waals surface area contributed by atoms with Crippen LogP contribution < -0.4 is 0 Å². The zero-order valence-corrected chi connectivity index (χ0v) is 6.28. The molecule has 0 aromatic carbocycles. The van der Waals surface area contributed by atoms with Gasteiger partial charge in [0.2, 0.25) is 0 Å². The van der Waals surface area contributed by atoms with Crippen LogP contribution in [0.25, 0.3) is 0 Å².